The maximum atomic E-state index is 13.2. The van der Waals surface area contributed by atoms with Gasteiger partial charge in [0.25, 0.3) is 0 Å². The van der Waals surface area contributed by atoms with Gasteiger partial charge in [-0.3, -0.25) is 19.4 Å². The standard InChI is InChI=1S/C47H74N4O4/c1-6-7-8-9-10-11-12-13-14-15-16-17-18-19-20-21-22-23-24-26-45(52)48-30-32-50(34-35-51-36-39-54-40-37-51)33-31-49-46(53)47(4,5)29-25-38-55-44-41-42(2)27-28-43(44)3/h7-8,10-11,13-14,16-17,19-20,22-23,27-28,41H,6,9,12,15,18,21,24-26,29-40H2,1-5H3,(H,48,52)(H,49,53). The van der Waals surface area contributed by atoms with Crippen molar-refractivity contribution in [1.82, 2.24) is 20.4 Å². The molecule has 0 radical (unpaired) electrons. The topological polar surface area (TPSA) is 83.1 Å². The first kappa shape index (κ1) is 47.4. The Kier molecular flexibility index (Phi) is 26.3. The molecule has 0 aliphatic carbocycles. The Morgan fingerprint density at radius 3 is 1.96 bits per heavy atom. The van der Waals surface area contributed by atoms with Gasteiger partial charge in [-0.1, -0.05) is 106 Å². The number of nitrogens with zero attached hydrogens (tertiary/aromatic N) is 2. The van der Waals surface area contributed by atoms with Crippen molar-refractivity contribution in [1.29, 1.82) is 0 Å². The summed E-state index contributed by atoms with van der Waals surface area (Å²) < 4.78 is 11.5. The van der Waals surface area contributed by atoms with Crippen LogP contribution in [0.4, 0.5) is 0 Å². The number of hydrogen-bond acceptors (Lipinski definition) is 6. The number of carbonyl (C=O) groups is 2. The molecule has 0 unspecified atom stereocenters. The summed E-state index contributed by atoms with van der Waals surface area (Å²) in [4.78, 5) is 30.5. The van der Waals surface area contributed by atoms with Gasteiger partial charge in [0.1, 0.15) is 5.75 Å². The molecule has 8 nitrogen and oxygen atoms in total. The number of aryl methyl sites for hydroxylation is 2. The van der Waals surface area contributed by atoms with E-state index >= 15 is 0 Å². The molecule has 1 aliphatic heterocycles. The quantitative estimate of drug-likeness (QED) is 0.0628. The Morgan fingerprint density at radius 1 is 0.800 bits per heavy atom. The van der Waals surface area contributed by atoms with Crippen molar-refractivity contribution < 1.29 is 19.1 Å². The lowest BCUT2D eigenvalue weighted by atomic mass is 9.87. The van der Waals surface area contributed by atoms with Crippen molar-refractivity contribution >= 4 is 11.8 Å². The monoisotopic (exact) mass is 759 g/mol. The molecule has 0 bridgehead atoms. The number of nitrogens with one attached hydrogen (secondary N) is 2. The van der Waals surface area contributed by atoms with E-state index in [0.717, 1.165) is 122 Å². The van der Waals surface area contributed by atoms with Gasteiger partial charge >= 0.3 is 0 Å². The average Bonchev–Trinajstić information content (AvgIpc) is 3.17. The van der Waals surface area contributed by atoms with Gasteiger partial charge in [0.05, 0.1) is 19.8 Å². The molecular weight excluding hydrogens is 685 g/mol. The van der Waals surface area contributed by atoms with Crippen LogP contribution in [0.5, 0.6) is 5.75 Å². The highest BCUT2D eigenvalue weighted by Crippen LogP contribution is 2.24. The Bertz CT molecular complexity index is 1370. The second-order valence-electron chi connectivity index (χ2n) is 15.0. The Balaban J connectivity index is 1.62. The van der Waals surface area contributed by atoms with Crippen LogP contribution in [-0.2, 0) is 14.3 Å². The number of benzene rings is 1. The second kappa shape index (κ2) is 30.5. The highest BCUT2D eigenvalue weighted by molar-refractivity contribution is 5.81. The third-order valence-corrected chi connectivity index (χ3v) is 9.60. The van der Waals surface area contributed by atoms with Crippen LogP contribution in [0, 0.1) is 19.3 Å². The van der Waals surface area contributed by atoms with E-state index in [-0.39, 0.29) is 11.8 Å². The van der Waals surface area contributed by atoms with Crippen molar-refractivity contribution in [3.8, 4) is 5.75 Å². The summed E-state index contributed by atoms with van der Waals surface area (Å²) in [5.74, 6) is 1.06. The zero-order valence-electron chi connectivity index (χ0n) is 35.0. The molecule has 0 aromatic heterocycles. The molecule has 1 fully saturated rings. The zero-order valence-corrected chi connectivity index (χ0v) is 35.0. The minimum Gasteiger partial charge on any atom is -0.493 e. The predicted molar refractivity (Wildman–Crippen MR) is 232 cm³/mol. The number of morpholine rings is 1. The van der Waals surface area contributed by atoms with Gasteiger partial charge in [0, 0.05) is 64.2 Å². The van der Waals surface area contributed by atoms with E-state index in [2.05, 4.69) is 132 Å². The molecule has 2 amide bonds. The summed E-state index contributed by atoms with van der Waals surface area (Å²) in [7, 11) is 0. The number of ether oxygens (including phenoxy) is 2. The summed E-state index contributed by atoms with van der Waals surface area (Å²) >= 11 is 0. The fraction of sp³-hybridized carbons (Fsp3) is 0.574. The van der Waals surface area contributed by atoms with Crippen molar-refractivity contribution in [3.05, 3.63) is 102 Å². The molecule has 1 heterocycles. The fourth-order valence-corrected chi connectivity index (χ4v) is 5.98. The first-order valence-electron chi connectivity index (χ1n) is 20.9. The zero-order chi connectivity index (χ0) is 39.8. The Morgan fingerprint density at radius 2 is 1.36 bits per heavy atom. The number of carbonyl (C=O) groups excluding carboxylic acids is 2. The molecule has 1 saturated heterocycles. The summed E-state index contributed by atoms with van der Waals surface area (Å²) in [5, 5.41) is 6.28. The third kappa shape index (κ3) is 24.4. The third-order valence-electron chi connectivity index (χ3n) is 9.60. The van der Waals surface area contributed by atoms with E-state index in [9.17, 15) is 9.59 Å². The van der Waals surface area contributed by atoms with Gasteiger partial charge in [-0.05, 0) is 88.8 Å². The van der Waals surface area contributed by atoms with Crippen molar-refractivity contribution in [3.63, 3.8) is 0 Å². The number of hydrogen-bond donors (Lipinski definition) is 2. The highest BCUT2D eigenvalue weighted by Gasteiger charge is 2.27. The van der Waals surface area contributed by atoms with E-state index in [1.807, 2.05) is 13.8 Å². The molecule has 0 atom stereocenters. The Labute approximate surface area is 334 Å². The molecule has 1 aromatic rings. The van der Waals surface area contributed by atoms with Crippen LogP contribution < -0.4 is 15.4 Å². The lowest BCUT2D eigenvalue weighted by Crippen LogP contribution is -2.46. The van der Waals surface area contributed by atoms with Gasteiger partial charge in [-0.15, -0.1) is 0 Å². The highest BCUT2D eigenvalue weighted by atomic mass is 16.5. The maximum absolute atomic E-state index is 13.2. The van der Waals surface area contributed by atoms with Gasteiger partial charge in [0.15, 0.2) is 0 Å². The minimum absolute atomic E-state index is 0.0649. The SMILES string of the molecule is CCC=CCC=CCC=CCC=CCC=CCC=CCCC(=O)NCCN(CCNC(=O)C(C)(C)CCCOc1cc(C)ccc1C)CCN1CCOCC1. The van der Waals surface area contributed by atoms with Gasteiger partial charge < -0.3 is 20.1 Å². The molecule has 306 valence electrons. The molecule has 1 aromatic carbocycles. The molecule has 8 heteroatoms. The number of amides is 2. The van der Waals surface area contributed by atoms with Crippen LogP contribution in [0.2, 0.25) is 0 Å². The molecule has 0 saturated carbocycles. The van der Waals surface area contributed by atoms with Crippen molar-refractivity contribution in [2.45, 2.75) is 98.8 Å². The van der Waals surface area contributed by atoms with E-state index in [4.69, 9.17) is 9.47 Å². The second-order valence-corrected chi connectivity index (χ2v) is 15.0. The van der Waals surface area contributed by atoms with Gasteiger partial charge in [-0.25, -0.2) is 0 Å². The summed E-state index contributed by atoms with van der Waals surface area (Å²) in [6.07, 6.45) is 34.9. The summed E-state index contributed by atoms with van der Waals surface area (Å²) in [6.45, 7) is 18.8. The summed E-state index contributed by atoms with van der Waals surface area (Å²) in [5.41, 5.74) is 1.82. The van der Waals surface area contributed by atoms with Crippen LogP contribution >= 0.6 is 0 Å². The average molecular weight is 759 g/mol. The largest absolute Gasteiger partial charge is 0.493 e. The number of allylic oxidation sites excluding steroid dienone is 12. The van der Waals surface area contributed by atoms with E-state index in [1.54, 1.807) is 0 Å². The normalized spacial score (nSPS) is 14.6. The van der Waals surface area contributed by atoms with Crippen molar-refractivity contribution in [2.75, 3.05) is 72.2 Å². The molecule has 1 aliphatic rings. The molecule has 2 N–H and O–H groups in total. The van der Waals surface area contributed by atoms with Gasteiger partial charge in [0.2, 0.25) is 11.8 Å². The van der Waals surface area contributed by atoms with Crippen molar-refractivity contribution in [2.24, 2.45) is 5.41 Å². The van der Waals surface area contributed by atoms with Crippen LogP contribution in [0.3, 0.4) is 0 Å². The van der Waals surface area contributed by atoms with Crippen LogP contribution in [-0.4, -0.2) is 93.8 Å². The molecular formula is C47H74N4O4. The molecule has 2 rings (SSSR count). The first-order chi connectivity index (χ1) is 26.7. The minimum atomic E-state index is -0.485. The smallest absolute Gasteiger partial charge is 0.225 e. The van der Waals surface area contributed by atoms with E-state index in [1.165, 1.54) is 5.56 Å². The van der Waals surface area contributed by atoms with E-state index in [0.29, 0.717) is 26.1 Å². The fourth-order valence-electron chi connectivity index (χ4n) is 5.98. The predicted octanol–water partition coefficient (Wildman–Crippen LogP) is 8.83. The maximum Gasteiger partial charge on any atom is 0.225 e. The lowest BCUT2D eigenvalue weighted by molar-refractivity contribution is -0.129. The van der Waals surface area contributed by atoms with Crippen LogP contribution in [0.1, 0.15) is 96.1 Å². The van der Waals surface area contributed by atoms with Crippen LogP contribution in [0.25, 0.3) is 0 Å². The molecule has 0 spiro atoms. The van der Waals surface area contributed by atoms with Gasteiger partial charge in [-0.2, -0.15) is 0 Å². The molecule has 55 heavy (non-hydrogen) atoms. The lowest BCUT2D eigenvalue weighted by Gasteiger charge is -2.30. The Hall–Kier alpha value is -3.72. The summed E-state index contributed by atoms with van der Waals surface area (Å²) in [6, 6.07) is 6.23. The van der Waals surface area contributed by atoms with Crippen LogP contribution in [0.15, 0.2) is 91.1 Å². The van der Waals surface area contributed by atoms with E-state index < -0.39 is 5.41 Å². The number of rotatable bonds is 29. The first-order valence-corrected chi connectivity index (χ1v) is 20.9.